The van der Waals surface area contributed by atoms with E-state index in [1.165, 1.54) is 35.4 Å². The quantitative estimate of drug-likeness (QED) is 0.176. The number of ketones is 4. The molecule has 0 saturated carbocycles. The van der Waals surface area contributed by atoms with E-state index in [4.69, 9.17) is 24.7 Å². The Kier molecular flexibility index (Phi) is 17.5. The number of ether oxygens (including phenoxy) is 4. The van der Waals surface area contributed by atoms with Gasteiger partial charge in [0.1, 0.15) is 18.1 Å². The summed E-state index contributed by atoms with van der Waals surface area (Å²) in [4.78, 5) is 100. The summed E-state index contributed by atoms with van der Waals surface area (Å²) in [5, 5.41) is 52.3. The third kappa shape index (κ3) is 9.69. The predicted octanol–water partition coefficient (Wildman–Crippen LogP) is 2.39. The van der Waals surface area contributed by atoms with Crippen molar-refractivity contribution in [2.75, 3.05) is 55.6 Å². The summed E-state index contributed by atoms with van der Waals surface area (Å²) >= 11 is 0. The number of fused-ring (bicyclic) bond motifs is 12. The highest BCUT2D eigenvalue weighted by Gasteiger charge is 2.60. The van der Waals surface area contributed by atoms with E-state index < -0.39 is 83.8 Å². The van der Waals surface area contributed by atoms with Gasteiger partial charge in [0.25, 0.3) is 0 Å². The Bertz CT molecular complexity index is 3400. The second-order valence-corrected chi connectivity index (χ2v) is 22.8. The maximum absolute atomic E-state index is 13.9. The average molecular weight is 1160 g/mol. The van der Waals surface area contributed by atoms with Crippen molar-refractivity contribution in [1.82, 2.24) is 35.6 Å². The number of Topliss-reactive ketones (excluding diaryl/α,β-unsaturated/α-hetero) is 4. The summed E-state index contributed by atoms with van der Waals surface area (Å²) in [6.07, 6.45) is 1.28. The number of methoxy groups -OCH3 is 4. The van der Waals surface area contributed by atoms with Gasteiger partial charge in [-0.3, -0.25) is 53.2 Å². The summed E-state index contributed by atoms with van der Waals surface area (Å²) < 4.78 is 21.8. The lowest BCUT2D eigenvalue weighted by molar-refractivity contribution is -0.128. The van der Waals surface area contributed by atoms with Crippen LogP contribution in [0.1, 0.15) is 100 Å². The highest BCUT2D eigenvalue weighted by Crippen LogP contribution is 2.56. The molecule has 84 heavy (non-hydrogen) atoms. The zero-order chi connectivity index (χ0) is 60.7. The summed E-state index contributed by atoms with van der Waals surface area (Å²) in [5.74, 6) is -2.06. The summed E-state index contributed by atoms with van der Waals surface area (Å²) in [7, 11) is 9.51. The number of phenols is 2. The Labute approximate surface area is 489 Å². The van der Waals surface area contributed by atoms with E-state index in [2.05, 4.69) is 37.9 Å². The number of benzene rings is 2. The summed E-state index contributed by atoms with van der Waals surface area (Å²) in [5.41, 5.74) is 12.1. The van der Waals surface area contributed by atoms with Crippen LogP contribution in [0, 0.1) is 36.5 Å². The number of nitrogens with one attached hydrogen (secondary N) is 3. The fourth-order valence-corrected chi connectivity index (χ4v) is 14.7. The standard InChI is InChI=1S/C31H37N5O7.C29H35N5O6.CH4/c1-13-8-17-9-19-21(11-32)36-20(25(35(19)5)23(17)27(39)29(13)42-6)10-18-24(28(40)30(43-7)14(2)26(18)38)22(36)12-33-31(41)15(3)34-16(4)37;1-12-7-15-8-17-19(10-30)34-18(23(33(17)4)21(15)25(36)27(12)39-5)9-16-22(20(34)11-32-29(38)14(3)31)26(37)28(40-6)13(2)24(16)35;/h8,15,19-22,25,39H,9-10,12H2,1-7H3,(H,33,41)(H,34,37);7,14,17-20,23,36H,8-9,11,31H2,1-6H3,(H,32,38);1H4/t15-,19+,20?,21+,22+,25+;14-,17-,18?,19-,20-,23-;/m10./s1. The first-order chi connectivity index (χ1) is 39.3. The van der Waals surface area contributed by atoms with E-state index in [1.54, 1.807) is 27.7 Å². The normalized spacial score (nSPS) is 27.8. The topological polar surface area (TPSA) is 320 Å². The van der Waals surface area contributed by atoms with Crippen molar-refractivity contribution in [3.05, 3.63) is 90.5 Å². The van der Waals surface area contributed by atoms with Gasteiger partial charge in [0.2, 0.25) is 29.3 Å². The smallest absolute Gasteiger partial charge is 0.242 e. The third-order valence-electron chi connectivity index (χ3n) is 18.3. The van der Waals surface area contributed by atoms with Crippen molar-refractivity contribution in [1.29, 1.82) is 10.5 Å². The highest BCUT2D eigenvalue weighted by molar-refractivity contribution is 6.26. The van der Waals surface area contributed by atoms with Crippen LogP contribution in [-0.2, 0) is 55.9 Å². The minimum Gasteiger partial charge on any atom is -0.504 e. The molecule has 7 N–H and O–H groups in total. The van der Waals surface area contributed by atoms with Gasteiger partial charge in [-0.05, 0) is 104 Å². The van der Waals surface area contributed by atoms with Crippen molar-refractivity contribution in [3.63, 3.8) is 0 Å². The van der Waals surface area contributed by atoms with Crippen LogP contribution in [0.3, 0.4) is 0 Å². The van der Waals surface area contributed by atoms with E-state index in [0.29, 0.717) is 46.6 Å². The van der Waals surface area contributed by atoms with E-state index in [1.807, 2.05) is 49.9 Å². The molecule has 448 valence electrons. The van der Waals surface area contributed by atoms with Gasteiger partial charge >= 0.3 is 0 Å². The lowest BCUT2D eigenvalue weighted by Crippen LogP contribution is -2.71. The molecule has 2 aromatic rings. The van der Waals surface area contributed by atoms with Gasteiger partial charge in [-0.2, -0.15) is 10.5 Å². The number of carbonyl (C=O) groups excluding carboxylic acids is 7. The number of likely N-dealkylation sites (N-methyl/N-ethyl adjacent to an activating group) is 2. The van der Waals surface area contributed by atoms with Crippen LogP contribution in [0.15, 0.2) is 57.1 Å². The first-order valence-electron chi connectivity index (χ1n) is 27.6. The van der Waals surface area contributed by atoms with Crippen molar-refractivity contribution < 1.29 is 62.7 Å². The Morgan fingerprint density at radius 1 is 0.643 bits per heavy atom. The Morgan fingerprint density at radius 3 is 1.36 bits per heavy atom. The second-order valence-electron chi connectivity index (χ2n) is 22.8. The molecule has 4 bridgehead atoms. The summed E-state index contributed by atoms with van der Waals surface area (Å²) in [6.45, 7) is 11.1. The number of nitriles is 2. The molecule has 2 aliphatic carbocycles. The molecule has 12 atom stereocenters. The van der Waals surface area contributed by atoms with E-state index in [9.17, 15) is 54.3 Å². The molecule has 2 fully saturated rings. The van der Waals surface area contributed by atoms with Gasteiger partial charge in [-0.1, -0.05) is 19.6 Å². The molecule has 8 aliphatic rings. The molecule has 2 saturated heterocycles. The molecule has 23 nitrogen and oxygen atoms in total. The number of hydrogen-bond acceptors (Lipinski definition) is 20. The minimum absolute atomic E-state index is 0. The molecule has 6 aliphatic heterocycles. The second kappa shape index (κ2) is 23.6. The van der Waals surface area contributed by atoms with Crippen molar-refractivity contribution in [2.24, 2.45) is 5.73 Å². The van der Waals surface area contributed by atoms with Gasteiger partial charge in [0.15, 0.2) is 46.1 Å². The molecule has 10 rings (SSSR count). The lowest BCUT2D eigenvalue weighted by atomic mass is 9.69. The van der Waals surface area contributed by atoms with Crippen LogP contribution in [0.2, 0.25) is 0 Å². The zero-order valence-electron chi connectivity index (χ0n) is 49.0. The lowest BCUT2D eigenvalue weighted by Gasteiger charge is -2.60. The number of piperazine rings is 2. The number of rotatable bonds is 11. The van der Waals surface area contributed by atoms with E-state index in [-0.39, 0.29) is 108 Å². The van der Waals surface area contributed by atoms with Gasteiger partial charge in [0, 0.05) is 88.7 Å². The van der Waals surface area contributed by atoms with Crippen molar-refractivity contribution >= 4 is 40.9 Å². The van der Waals surface area contributed by atoms with Gasteiger partial charge in [-0.25, -0.2) is 0 Å². The number of nitrogens with zero attached hydrogens (tertiary/aromatic N) is 6. The number of phenolic OH excluding ortho intramolecular Hbond substituents is 2. The molecular formula is C61H76N10O13. The first kappa shape index (κ1) is 62.1. The molecule has 0 radical (unpaired) electrons. The molecular weight excluding hydrogens is 1080 g/mol. The Balaban J connectivity index is 0.000000217. The maximum atomic E-state index is 13.9. The fraction of sp³-hybridized carbons (Fsp3) is 0.525. The van der Waals surface area contributed by atoms with Crippen LogP contribution in [0.25, 0.3) is 0 Å². The number of allylic oxidation sites excluding steroid dienone is 4. The maximum Gasteiger partial charge on any atom is 0.242 e. The number of hydrogen-bond donors (Lipinski definition) is 6. The largest absolute Gasteiger partial charge is 0.504 e. The number of nitrogens with two attached hydrogens (primary N) is 1. The fourth-order valence-electron chi connectivity index (χ4n) is 14.7. The van der Waals surface area contributed by atoms with Gasteiger partial charge < -0.3 is 50.8 Å². The average Bonchev–Trinajstić information content (AvgIpc) is 0.754. The van der Waals surface area contributed by atoms with E-state index >= 15 is 0 Å². The SMILES string of the molecule is C.COC1=C(C)C(=O)C2=C(C1=O)[C@H](CNC(=O)[C@@H](C)NC(C)=O)N1C(C2)[C@H]2c3c(cc(C)c(OC)c3O)C[C@@H]([C@@H]1C#N)N2C.COC1=C(C)C(=O)C2=C(C1=O)[C@H](CNC(=O)[C@H](C)N)N1C(C2)[C@H]2c3c(cc(C)c(OC)c3O)C[C@@H]([C@@H]1C#N)N2C. The predicted molar refractivity (Wildman–Crippen MR) is 305 cm³/mol. The summed E-state index contributed by atoms with van der Waals surface area (Å²) in [6, 6.07) is 1.83. The third-order valence-corrected chi connectivity index (χ3v) is 18.3. The molecule has 0 spiro atoms. The number of amides is 3. The molecule has 2 aromatic carbocycles. The number of carbonyl (C=O) groups is 7. The van der Waals surface area contributed by atoms with Crippen LogP contribution in [-0.4, -0.2) is 187 Å². The van der Waals surface area contributed by atoms with Crippen molar-refractivity contribution in [3.8, 4) is 35.1 Å². The molecule has 0 aromatic heterocycles. The zero-order valence-corrected chi connectivity index (χ0v) is 49.0. The van der Waals surface area contributed by atoms with Crippen molar-refractivity contribution in [2.45, 2.75) is 154 Å². The Hall–Kier alpha value is -7.93. The number of aryl methyl sites for hydroxylation is 2. The molecule has 3 amide bonds. The van der Waals surface area contributed by atoms with E-state index in [0.717, 1.165) is 22.3 Å². The highest BCUT2D eigenvalue weighted by atomic mass is 16.5. The molecule has 6 heterocycles. The number of aromatic hydroxyl groups is 2. The molecule has 23 heteroatoms. The van der Waals surface area contributed by atoms with Crippen LogP contribution in [0.5, 0.6) is 23.0 Å². The Morgan fingerprint density at radius 2 is 1.02 bits per heavy atom. The molecule has 2 unspecified atom stereocenters. The van der Waals surface area contributed by atoms with Gasteiger partial charge in [-0.15, -0.1) is 0 Å². The minimum atomic E-state index is -0.851. The first-order valence-corrected chi connectivity index (χ1v) is 27.6. The van der Waals surface area contributed by atoms with Gasteiger partial charge in [0.05, 0.1) is 70.8 Å². The van der Waals surface area contributed by atoms with Crippen LogP contribution >= 0.6 is 0 Å². The monoisotopic (exact) mass is 1160 g/mol. The van der Waals surface area contributed by atoms with Crippen LogP contribution < -0.4 is 31.2 Å². The van der Waals surface area contributed by atoms with Crippen LogP contribution in [0.4, 0.5) is 0 Å².